The summed E-state index contributed by atoms with van der Waals surface area (Å²) in [6.07, 6.45) is -1.20. The third kappa shape index (κ3) is 3.68. The molecule has 0 bridgehead atoms. The Morgan fingerprint density at radius 3 is 2.59 bits per heavy atom. The van der Waals surface area contributed by atoms with Crippen molar-refractivity contribution in [1.82, 2.24) is 16.0 Å². The molecule has 0 aromatic heterocycles. The van der Waals surface area contributed by atoms with E-state index in [1.807, 2.05) is 0 Å². The van der Waals surface area contributed by atoms with Crippen molar-refractivity contribution in [1.29, 1.82) is 0 Å². The summed E-state index contributed by atoms with van der Waals surface area (Å²) in [5.41, 5.74) is 0. The smallest absolute Gasteiger partial charge is 0.328 e. The van der Waals surface area contributed by atoms with Crippen LogP contribution < -0.4 is 16.0 Å². The van der Waals surface area contributed by atoms with Crippen molar-refractivity contribution in [3.8, 4) is 0 Å². The quantitative estimate of drug-likeness (QED) is 0.360. The zero-order chi connectivity index (χ0) is 13.0. The van der Waals surface area contributed by atoms with E-state index in [1.54, 1.807) is 0 Å². The maximum Gasteiger partial charge on any atom is 0.328 e. The van der Waals surface area contributed by atoms with Crippen LogP contribution in [0.1, 0.15) is 6.92 Å². The van der Waals surface area contributed by atoms with Gasteiger partial charge in [-0.3, -0.25) is 14.9 Å². The van der Waals surface area contributed by atoms with Gasteiger partial charge >= 0.3 is 5.97 Å². The lowest BCUT2D eigenvalue weighted by Gasteiger charge is -2.25. The van der Waals surface area contributed by atoms with Crippen LogP contribution in [0.2, 0.25) is 0 Å². The summed E-state index contributed by atoms with van der Waals surface area (Å²) in [5, 5.41) is 25.3. The molecule has 0 aromatic carbocycles. The Morgan fingerprint density at radius 1 is 1.53 bits per heavy atom. The summed E-state index contributed by atoms with van der Waals surface area (Å²) < 4.78 is 0. The molecule has 1 aliphatic rings. The van der Waals surface area contributed by atoms with E-state index in [0.717, 1.165) is 0 Å². The van der Waals surface area contributed by atoms with Gasteiger partial charge < -0.3 is 20.8 Å². The Balaban J connectivity index is 2.53. The molecule has 8 heteroatoms. The van der Waals surface area contributed by atoms with Crippen molar-refractivity contribution >= 4 is 17.8 Å². The molecular weight excluding hydrogens is 230 g/mol. The van der Waals surface area contributed by atoms with Gasteiger partial charge in [-0.2, -0.15) is 0 Å². The Morgan fingerprint density at radius 2 is 2.18 bits per heavy atom. The van der Waals surface area contributed by atoms with E-state index < -0.39 is 30.1 Å². The number of hydrogen-bond acceptors (Lipinski definition) is 5. The number of aliphatic hydroxyl groups is 1. The summed E-state index contributed by atoms with van der Waals surface area (Å²) in [7, 11) is 0. The van der Waals surface area contributed by atoms with Crippen LogP contribution in [0, 0.1) is 0 Å². The number of carbonyl (C=O) groups is 3. The van der Waals surface area contributed by atoms with Crippen LogP contribution in [0.4, 0.5) is 0 Å². The standard InChI is InChI=1S/C9H15N3O5/c1-4(13)7(9(16)17)12-8(15)5-2-11-6(14)3-10-5/h4-5,7,10,13H,2-3H2,1H3,(H,11,14)(H,12,15)(H,16,17). The first-order valence-corrected chi connectivity index (χ1v) is 5.13. The molecule has 0 radical (unpaired) electrons. The predicted octanol–water partition coefficient (Wildman–Crippen LogP) is -2.98. The van der Waals surface area contributed by atoms with Gasteiger partial charge in [-0.15, -0.1) is 0 Å². The van der Waals surface area contributed by atoms with E-state index in [4.69, 9.17) is 5.11 Å². The maximum atomic E-state index is 11.6. The number of piperazine rings is 1. The molecule has 0 aromatic rings. The number of aliphatic carboxylic acids is 1. The number of carboxylic acids is 1. The lowest BCUT2D eigenvalue weighted by molar-refractivity contribution is -0.145. The molecule has 1 fully saturated rings. The van der Waals surface area contributed by atoms with E-state index >= 15 is 0 Å². The fraction of sp³-hybridized carbons (Fsp3) is 0.667. The summed E-state index contributed by atoms with van der Waals surface area (Å²) >= 11 is 0. The zero-order valence-electron chi connectivity index (χ0n) is 9.27. The number of nitrogens with one attached hydrogen (secondary N) is 3. The van der Waals surface area contributed by atoms with Crippen LogP contribution >= 0.6 is 0 Å². The van der Waals surface area contributed by atoms with Gasteiger partial charge in [0.25, 0.3) is 0 Å². The number of carbonyl (C=O) groups excluding carboxylic acids is 2. The normalized spacial score (nSPS) is 23.4. The van der Waals surface area contributed by atoms with Crippen molar-refractivity contribution in [3.05, 3.63) is 0 Å². The highest BCUT2D eigenvalue weighted by molar-refractivity contribution is 5.89. The molecule has 1 aliphatic heterocycles. The molecule has 1 saturated heterocycles. The second-order valence-corrected chi connectivity index (χ2v) is 3.80. The minimum Gasteiger partial charge on any atom is -0.480 e. The summed E-state index contributed by atoms with van der Waals surface area (Å²) in [6, 6.07) is -2.05. The maximum absolute atomic E-state index is 11.6. The number of hydrogen-bond donors (Lipinski definition) is 5. The molecule has 0 saturated carbocycles. The third-order valence-corrected chi connectivity index (χ3v) is 2.38. The highest BCUT2D eigenvalue weighted by Crippen LogP contribution is 1.96. The van der Waals surface area contributed by atoms with Crippen LogP contribution in [0.3, 0.4) is 0 Å². The van der Waals surface area contributed by atoms with Gasteiger partial charge in [0, 0.05) is 6.54 Å². The molecule has 3 unspecified atom stereocenters. The molecule has 0 aliphatic carbocycles. The zero-order valence-corrected chi connectivity index (χ0v) is 9.27. The monoisotopic (exact) mass is 245 g/mol. The largest absolute Gasteiger partial charge is 0.480 e. The van der Waals surface area contributed by atoms with Gasteiger partial charge in [0.15, 0.2) is 6.04 Å². The topological polar surface area (TPSA) is 128 Å². The molecule has 1 rings (SSSR count). The predicted molar refractivity (Wildman–Crippen MR) is 56.0 cm³/mol. The van der Waals surface area contributed by atoms with Gasteiger partial charge in [0.05, 0.1) is 12.6 Å². The molecule has 96 valence electrons. The number of aliphatic hydroxyl groups excluding tert-OH is 1. The van der Waals surface area contributed by atoms with Crippen LogP contribution in [0.15, 0.2) is 0 Å². The third-order valence-electron chi connectivity index (χ3n) is 2.38. The number of rotatable bonds is 4. The molecule has 2 amide bonds. The van der Waals surface area contributed by atoms with Crippen LogP contribution in [0.5, 0.6) is 0 Å². The van der Waals surface area contributed by atoms with Crippen molar-refractivity contribution in [3.63, 3.8) is 0 Å². The number of carboxylic acid groups (broad SMARTS) is 1. The van der Waals surface area contributed by atoms with E-state index in [1.165, 1.54) is 6.92 Å². The fourth-order valence-corrected chi connectivity index (χ4v) is 1.39. The second kappa shape index (κ2) is 5.60. The summed E-state index contributed by atoms with van der Waals surface area (Å²) in [5.74, 6) is -2.11. The first kappa shape index (κ1) is 13.4. The van der Waals surface area contributed by atoms with Crippen LogP contribution in [-0.2, 0) is 14.4 Å². The Labute approximate surface area is 97.4 Å². The van der Waals surface area contributed by atoms with Crippen molar-refractivity contribution in [2.45, 2.75) is 25.1 Å². The molecule has 5 N–H and O–H groups in total. The Bertz CT molecular complexity index is 321. The van der Waals surface area contributed by atoms with Crippen LogP contribution in [0.25, 0.3) is 0 Å². The molecule has 8 nitrogen and oxygen atoms in total. The molecule has 1 heterocycles. The molecule has 17 heavy (non-hydrogen) atoms. The number of amides is 2. The molecule has 3 atom stereocenters. The van der Waals surface area contributed by atoms with E-state index in [0.29, 0.717) is 0 Å². The average molecular weight is 245 g/mol. The summed E-state index contributed by atoms with van der Waals surface area (Å²) in [4.78, 5) is 33.2. The van der Waals surface area contributed by atoms with E-state index in [2.05, 4.69) is 16.0 Å². The van der Waals surface area contributed by atoms with Gasteiger partial charge in [-0.25, -0.2) is 4.79 Å². The van der Waals surface area contributed by atoms with Gasteiger partial charge in [0.1, 0.15) is 6.04 Å². The van der Waals surface area contributed by atoms with E-state index in [-0.39, 0.29) is 19.0 Å². The van der Waals surface area contributed by atoms with Gasteiger partial charge in [0.2, 0.25) is 11.8 Å². The average Bonchev–Trinajstić information content (AvgIpc) is 2.25. The minimum absolute atomic E-state index is 0.00447. The van der Waals surface area contributed by atoms with Crippen molar-refractivity contribution in [2.24, 2.45) is 0 Å². The molecular formula is C9H15N3O5. The fourth-order valence-electron chi connectivity index (χ4n) is 1.39. The molecule has 0 spiro atoms. The van der Waals surface area contributed by atoms with Gasteiger partial charge in [-0.1, -0.05) is 0 Å². The highest BCUT2D eigenvalue weighted by atomic mass is 16.4. The lowest BCUT2D eigenvalue weighted by atomic mass is 10.1. The van der Waals surface area contributed by atoms with Crippen molar-refractivity contribution < 1.29 is 24.6 Å². The SMILES string of the molecule is CC(O)C(NC(=O)C1CNC(=O)CN1)C(=O)O. The van der Waals surface area contributed by atoms with Crippen LogP contribution in [-0.4, -0.2) is 59.3 Å². The second-order valence-electron chi connectivity index (χ2n) is 3.80. The Hall–Kier alpha value is -1.67. The summed E-state index contributed by atoms with van der Waals surface area (Å²) in [6.45, 7) is 1.37. The first-order chi connectivity index (χ1) is 7.91. The Kier molecular flexibility index (Phi) is 4.41. The highest BCUT2D eigenvalue weighted by Gasteiger charge is 2.30. The first-order valence-electron chi connectivity index (χ1n) is 5.13. The van der Waals surface area contributed by atoms with Crippen molar-refractivity contribution in [2.75, 3.05) is 13.1 Å². The van der Waals surface area contributed by atoms with Gasteiger partial charge in [-0.05, 0) is 6.92 Å². The van der Waals surface area contributed by atoms with E-state index in [9.17, 15) is 19.5 Å². The minimum atomic E-state index is -1.36. The lowest BCUT2D eigenvalue weighted by Crippen LogP contribution is -2.61.